The first-order valence-electron chi connectivity index (χ1n) is 5.43. The van der Waals surface area contributed by atoms with Crippen LogP contribution in [0.15, 0.2) is 6.33 Å². The fraction of sp³-hybridized carbons (Fsp3) is 0.400. The monoisotopic (exact) mass is 269 g/mol. The molecule has 0 aliphatic carbocycles. The minimum atomic E-state index is -1.26. The van der Waals surface area contributed by atoms with Crippen molar-refractivity contribution in [2.75, 3.05) is 27.2 Å². The van der Waals surface area contributed by atoms with E-state index in [4.69, 9.17) is 5.11 Å². The van der Waals surface area contributed by atoms with Gasteiger partial charge in [-0.25, -0.2) is 14.6 Å². The Hall–Kier alpha value is -2.58. The zero-order valence-corrected chi connectivity index (χ0v) is 10.6. The van der Waals surface area contributed by atoms with Gasteiger partial charge in [-0.2, -0.15) is 0 Å². The number of imidazole rings is 1. The van der Waals surface area contributed by atoms with Gasteiger partial charge in [0, 0.05) is 27.2 Å². The third-order valence-electron chi connectivity index (χ3n) is 2.16. The molecule has 0 aliphatic rings. The number of urea groups is 1. The van der Waals surface area contributed by atoms with Crippen molar-refractivity contribution < 1.29 is 19.5 Å². The number of aromatic nitrogens is 2. The van der Waals surface area contributed by atoms with Crippen LogP contribution < -0.4 is 10.6 Å². The summed E-state index contributed by atoms with van der Waals surface area (Å²) in [5.74, 6) is -1.87. The van der Waals surface area contributed by atoms with E-state index < -0.39 is 11.9 Å². The number of rotatable bonds is 5. The molecule has 104 valence electrons. The molecule has 1 rings (SSSR count). The van der Waals surface area contributed by atoms with E-state index in [0.29, 0.717) is 0 Å². The highest BCUT2D eigenvalue weighted by Crippen LogP contribution is 2.01. The summed E-state index contributed by atoms with van der Waals surface area (Å²) in [5, 5.41) is 13.8. The van der Waals surface area contributed by atoms with Crippen molar-refractivity contribution in [3.63, 3.8) is 0 Å². The normalized spacial score (nSPS) is 9.79. The number of hydrogen-bond donors (Lipinski definition) is 4. The number of aromatic carboxylic acids is 1. The maximum atomic E-state index is 11.6. The van der Waals surface area contributed by atoms with E-state index in [2.05, 4.69) is 20.6 Å². The average molecular weight is 269 g/mol. The van der Waals surface area contributed by atoms with Crippen LogP contribution in [0.4, 0.5) is 4.79 Å². The molecule has 3 amide bonds. The summed E-state index contributed by atoms with van der Waals surface area (Å²) in [6.07, 6.45) is 1.13. The number of carboxylic acids is 1. The van der Waals surface area contributed by atoms with E-state index in [1.54, 1.807) is 14.1 Å². The molecule has 0 spiro atoms. The van der Waals surface area contributed by atoms with Gasteiger partial charge >= 0.3 is 12.0 Å². The van der Waals surface area contributed by atoms with Gasteiger partial charge in [-0.05, 0) is 0 Å². The molecular formula is C10H15N5O4. The molecule has 0 aromatic carbocycles. The SMILES string of the molecule is CN(C)C(=O)NCCNC(=O)c1nc[nH]c1C(=O)O. The van der Waals surface area contributed by atoms with Gasteiger partial charge in [-0.15, -0.1) is 0 Å². The number of carbonyl (C=O) groups is 3. The Bertz CT molecular complexity index is 482. The first kappa shape index (κ1) is 14.5. The van der Waals surface area contributed by atoms with Crippen LogP contribution in [-0.2, 0) is 0 Å². The lowest BCUT2D eigenvalue weighted by atomic mass is 10.3. The number of nitrogens with one attached hydrogen (secondary N) is 3. The molecule has 4 N–H and O–H groups in total. The van der Waals surface area contributed by atoms with Crippen LogP contribution in [0, 0.1) is 0 Å². The van der Waals surface area contributed by atoms with Crippen LogP contribution in [0.2, 0.25) is 0 Å². The van der Waals surface area contributed by atoms with Crippen LogP contribution in [-0.4, -0.2) is 65.1 Å². The lowest BCUT2D eigenvalue weighted by Gasteiger charge is -2.11. The van der Waals surface area contributed by atoms with E-state index in [0.717, 1.165) is 6.33 Å². The lowest BCUT2D eigenvalue weighted by Crippen LogP contribution is -2.39. The fourth-order valence-electron chi connectivity index (χ4n) is 1.22. The molecule has 0 bridgehead atoms. The maximum absolute atomic E-state index is 11.6. The Morgan fingerprint density at radius 3 is 2.53 bits per heavy atom. The smallest absolute Gasteiger partial charge is 0.354 e. The van der Waals surface area contributed by atoms with Gasteiger partial charge in [0.05, 0.1) is 6.33 Å². The van der Waals surface area contributed by atoms with E-state index in [9.17, 15) is 14.4 Å². The second kappa shape index (κ2) is 6.38. The predicted molar refractivity (Wildman–Crippen MR) is 65.0 cm³/mol. The topological polar surface area (TPSA) is 127 Å². The van der Waals surface area contributed by atoms with Crippen molar-refractivity contribution in [2.45, 2.75) is 0 Å². The third-order valence-corrected chi connectivity index (χ3v) is 2.16. The minimum absolute atomic E-state index is 0.171. The molecule has 19 heavy (non-hydrogen) atoms. The Morgan fingerprint density at radius 2 is 1.95 bits per heavy atom. The van der Waals surface area contributed by atoms with E-state index in [1.807, 2.05) is 0 Å². The molecule has 1 heterocycles. The summed E-state index contributed by atoms with van der Waals surface area (Å²) >= 11 is 0. The molecule has 1 aromatic rings. The van der Waals surface area contributed by atoms with E-state index in [-0.39, 0.29) is 30.5 Å². The van der Waals surface area contributed by atoms with Crippen molar-refractivity contribution in [1.82, 2.24) is 25.5 Å². The highest BCUT2D eigenvalue weighted by Gasteiger charge is 2.19. The number of carboxylic acid groups (broad SMARTS) is 1. The summed E-state index contributed by atoms with van der Waals surface area (Å²) in [6, 6.07) is -0.278. The zero-order valence-electron chi connectivity index (χ0n) is 10.6. The molecule has 0 atom stereocenters. The van der Waals surface area contributed by atoms with Crippen LogP contribution in [0.3, 0.4) is 0 Å². The van der Waals surface area contributed by atoms with Crippen molar-refractivity contribution >= 4 is 17.9 Å². The molecule has 1 aromatic heterocycles. The summed E-state index contributed by atoms with van der Waals surface area (Å²) in [5.41, 5.74) is -0.457. The second-order valence-corrected chi connectivity index (χ2v) is 3.81. The summed E-state index contributed by atoms with van der Waals surface area (Å²) < 4.78 is 0. The molecule has 0 radical (unpaired) electrons. The van der Waals surface area contributed by atoms with Crippen LogP contribution in [0.25, 0.3) is 0 Å². The Kier molecular flexibility index (Phi) is 4.86. The molecule has 9 heteroatoms. The fourth-order valence-corrected chi connectivity index (χ4v) is 1.22. The van der Waals surface area contributed by atoms with Crippen LogP contribution in [0.1, 0.15) is 21.0 Å². The maximum Gasteiger partial charge on any atom is 0.354 e. The van der Waals surface area contributed by atoms with Crippen molar-refractivity contribution in [2.24, 2.45) is 0 Å². The second-order valence-electron chi connectivity index (χ2n) is 3.81. The molecule has 9 nitrogen and oxygen atoms in total. The minimum Gasteiger partial charge on any atom is -0.477 e. The highest BCUT2D eigenvalue weighted by molar-refractivity contribution is 6.02. The molecule has 0 saturated carbocycles. The first-order chi connectivity index (χ1) is 8.93. The van der Waals surface area contributed by atoms with Gasteiger partial charge < -0.3 is 25.6 Å². The van der Waals surface area contributed by atoms with Gasteiger partial charge in [-0.3, -0.25) is 4.79 Å². The summed E-state index contributed by atoms with van der Waals surface area (Å²) in [4.78, 5) is 40.9. The predicted octanol–water partition coefficient (Wildman–Crippen LogP) is -0.891. The Labute approximate surface area is 109 Å². The number of amides is 3. The van der Waals surface area contributed by atoms with E-state index in [1.165, 1.54) is 4.90 Å². The molecule has 0 aliphatic heterocycles. The third kappa shape index (κ3) is 3.98. The molecule has 0 fully saturated rings. The van der Waals surface area contributed by atoms with Crippen LogP contribution >= 0.6 is 0 Å². The molecule has 0 saturated heterocycles. The number of aromatic amines is 1. The first-order valence-corrected chi connectivity index (χ1v) is 5.43. The molecule has 0 unspecified atom stereocenters. The van der Waals surface area contributed by atoms with Crippen molar-refractivity contribution in [1.29, 1.82) is 0 Å². The zero-order chi connectivity index (χ0) is 14.4. The quantitative estimate of drug-likeness (QED) is 0.515. The van der Waals surface area contributed by atoms with Crippen molar-refractivity contribution in [3.05, 3.63) is 17.7 Å². The Morgan fingerprint density at radius 1 is 1.32 bits per heavy atom. The summed E-state index contributed by atoms with van der Waals surface area (Å²) in [7, 11) is 3.19. The van der Waals surface area contributed by atoms with Crippen molar-refractivity contribution in [3.8, 4) is 0 Å². The highest BCUT2D eigenvalue weighted by atomic mass is 16.4. The lowest BCUT2D eigenvalue weighted by molar-refractivity contribution is 0.0685. The van der Waals surface area contributed by atoms with Gasteiger partial charge in [-0.1, -0.05) is 0 Å². The number of carbonyl (C=O) groups excluding carboxylic acids is 2. The van der Waals surface area contributed by atoms with E-state index >= 15 is 0 Å². The van der Waals surface area contributed by atoms with Gasteiger partial charge in [0.15, 0.2) is 11.4 Å². The van der Waals surface area contributed by atoms with Gasteiger partial charge in [0.25, 0.3) is 5.91 Å². The summed E-state index contributed by atoms with van der Waals surface area (Å²) in [6.45, 7) is 0.403. The number of hydrogen-bond acceptors (Lipinski definition) is 4. The van der Waals surface area contributed by atoms with Crippen LogP contribution in [0.5, 0.6) is 0 Å². The largest absolute Gasteiger partial charge is 0.477 e. The number of H-pyrrole nitrogens is 1. The van der Waals surface area contributed by atoms with Gasteiger partial charge in [0.1, 0.15) is 0 Å². The van der Waals surface area contributed by atoms with Gasteiger partial charge in [0.2, 0.25) is 0 Å². The molecular weight excluding hydrogens is 254 g/mol. The standard InChI is InChI=1S/C10H15N5O4/c1-15(2)10(19)12-4-3-11-8(16)6-7(9(17)18)14-5-13-6/h5H,3-4H2,1-2H3,(H,11,16)(H,12,19)(H,13,14)(H,17,18). The Balaban J connectivity index is 2.42. The number of nitrogens with zero attached hydrogens (tertiary/aromatic N) is 2. The average Bonchev–Trinajstić information content (AvgIpc) is 2.83.